The lowest BCUT2D eigenvalue weighted by molar-refractivity contribution is -0.385. The number of carbonyl (C=O) groups is 1. The maximum Gasteiger partial charge on any atom is 0.283 e. The molecular weight excluding hydrogens is 460 g/mol. The van der Waals surface area contributed by atoms with Gasteiger partial charge in [0.25, 0.3) is 5.69 Å². The first-order chi connectivity index (χ1) is 10.6. The second-order valence-electron chi connectivity index (χ2n) is 4.10. The summed E-state index contributed by atoms with van der Waals surface area (Å²) in [5.74, 6) is -1.68. The molecule has 0 atom stereocenters. The van der Waals surface area contributed by atoms with E-state index in [1.54, 1.807) is 0 Å². The van der Waals surface area contributed by atoms with Gasteiger partial charge in [0.15, 0.2) is 0 Å². The number of rotatable bonds is 6. The minimum Gasteiger partial charge on any atom is -0.494 e. The number of ether oxygens (including phenoxy) is 1. The van der Waals surface area contributed by atoms with Crippen LogP contribution >= 0.6 is 43.5 Å². The fourth-order valence-electron chi connectivity index (χ4n) is 1.69. The molecule has 122 valence electrons. The Morgan fingerprint density at radius 2 is 2.04 bits per heavy atom. The number of benzene rings is 1. The third-order valence-electron chi connectivity index (χ3n) is 2.62. The van der Waals surface area contributed by atoms with Crippen LogP contribution in [-0.2, 0) is 0 Å². The molecule has 0 N–H and O–H groups in total. The van der Waals surface area contributed by atoms with Crippen LogP contribution in [0.1, 0.15) is 10.4 Å². The van der Waals surface area contributed by atoms with E-state index < -0.39 is 22.2 Å². The van der Waals surface area contributed by atoms with Crippen molar-refractivity contribution in [1.29, 1.82) is 0 Å². The standard InChI is InChI=1S/C14H9Br2ClFNO4/c1-6(18)4-8(7(2)17)13(20)11-10(19(21)22)5-9(15)14(23-3)12(11)16/h4-5H,1-2H2,3H3/b8-4+. The molecule has 0 amide bonds. The zero-order valence-electron chi connectivity index (χ0n) is 11.7. The summed E-state index contributed by atoms with van der Waals surface area (Å²) in [6, 6.07) is 1.11. The molecule has 0 aromatic heterocycles. The Bertz CT molecular complexity index is 762. The number of carbonyl (C=O) groups excluding carboxylic acids is 1. The number of nitro groups is 1. The Labute approximate surface area is 152 Å². The molecule has 9 heteroatoms. The Morgan fingerprint density at radius 3 is 2.43 bits per heavy atom. The van der Waals surface area contributed by atoms with Gasteiger partial charge < -0.3 is 4.74 Å². The highest BCUT2D eigenvalue weighted by atomic mass is 79.9. The monoisotopic (exact) mass is 467 g/mol. The zero-order valence-corrected chi connectivity index (χ0v) is 15.6. The Kier molecular flexibility index (Phi) is 6.67. The van der Waals surface area contributed by atoms with E-state index in [1.165, 1.54) is 7.11 Å². The summed E-state index contributed by atoms with van der Waals surface area (Å²) in [7, 11) is 1.32. The van der Waals surface area contributed by atoms with E-state index >= 15 is 0 Å². The number of halogens is 4. The lowest BCUT2D eigenvalue weighted by atomic mass is 10.0. The summed E-state index contributed by atoms with van der Waals surface area (Å²) in [5.41, 5.74) is -1.21. The van der Waals surface area contributed by atoms with Crippen LogP contribution < -0.4 is 4.74 Å². The third-order valence-corrected chi connectivity index (χ3v) is 4.17. The van der Waals surface area contributed by atoms with Crippen LogP contribution in [0.25, 0.3) is 0 Å². The molecule has 0 radical (unpaired) electrons. The van der Waals surface area contributed by atoms with Crippen molar-refractivity contribution in [2.24, 2.45) is 0 Å². The number of Topliss-reactive ketones (excluding diaryl/α,β-unsaturated/α-hetero) is 1. The quantitative estimate of drug-likeness (QED) is 0.182. The van der Waals surface area contributed by atoms with Crippen molar-refractivity contribution in [1.82, 2.24) is 0 Å². The van der Waals surface area contributed by atoms with Crippen LogP contribution in [0.5, 0.6) is 5.75 Å². The van der Waals surface area contributed by atoms with Gasteiger partial charge in [-0.3, -0.25) is 14.9 Å². The topological polar surface area (TPSA) is 69.4 Å². The molecular formula is C14H9Br2ClFNO4. The second-order valence-corrected chi connectivity index (χ2v) is 6.20. The number of allylic oxidation sites excluding steroid dienone is 4. The van der Waals surface area contributed by atoms with Gasteiger partial charge in [-0.05, 0) is 37.9 Å². The van der Waals surface area contributed by atoms with Gasteiger partial charge in [-0.25, -0.2) is 4.39 Å². The molecule has 0 aliphatic rings. The summed E-state index contributed by atoms with van der Waals surface area (Å²) < 4.78 is 18.4. The van der Waals surface area contributed by atoms with Crippen LogP contribution in [-0.4, -0.2) is 17.8 Å². The number of methoxy groups -OCH3 is 1. The Morgan fingerprint density at radius 1 is 1.48 bits per heavy atom. The minimum absolute atomic E-state index is 0.0272. The minimum atomic E-state index is -0.946. The predicted molar refractivity (Wildman–Crippen MR) is 92.7 cm³/mol. The molecule has 1 rings (SSSR count). The number of nitro benzene ring substituents is 1. The number of nitrogens with zero attached hydrogens (tertiary/aromatic N) is 1. The van der Waals surface area contributed by atoms with Gasteiger partial charge in [-0.15, -0.1) is 0 Å². The van der Waals surface area contributed by atoms with Crippen LogP contribution in [0.15, 0.2) is 50.7 Å². The van der Waals surface area contributed by atoms with Crippen molar-refractivity contribution < 1.29 is 18.8 Å². The number of hydrogen-bond donors (Lipinski definition) is 0. The summed E-state index contributed by atoms with van der Waals surface area (Å²) in [6.07, 6.45) is 0.752. The van der Waals surface area contributed by atoms with Gasteiger partial charge in [0.1, 0.15) is 17.1 Å². The highest BCUT2D eigenvalue weighted by Crippen LogP contribution is 2.42. The molecule has 23 heavy (non-hydrogen) atoms. The summed E-state index contributed by atoms with van der Waals surface area (Å²) >= 11 is 11.9. The predicted octanol–water partition coefficient (Wildman–Crippen LogP) is 5.47. The lowest BCUT2D eigenvalue weighted by Gasteiger charge is -2.12. The van der Waals surface area contributed by atoms with Crippen molar-refractivity contribution in [2.75, 3.05) is 7.11 Å². The third kappa shape index (κ3) is 4.27. The highest BCUT2D eigenvalue weighted by Gasteiger charge is 2.30. The fraction of sp³-hybridized carbons (Fsp3) is 0.0714. The van der Waals surface area contributed by atoms with E-state index in [1.807, 2.05) is 0 Å². The molecule has 0 fully saturated rings. The van der Waals surface area contributed by atoms with Crippen LogP contribution in [0, 0.1) is 10.1 Å². The molecule has 0 heterocycles. The Balaban J connectivity index is 3.76. The first-order valence-corrected chi connectivity index (χ1v) is 7.74. The van der Waals surface area contributed by atoms with Gasteiger partial charge >= 0.3 is 0 Å². The molecule has 0 unspecified atom stereocenters. The lowest BCUT2D eigenvalue weighted by Crippen LogP contribution is -2.10. The van der Waals surface area contributed by atoms with Gasteiger partial charge in [0.05, 0.1) is 21.0 Å². The van der Waals surface area contributed by atoms with Crippen molar-refractivity contribution in [3.8, 4) is 5.75 Å². The van der Waals surface area contributed by atoms with Crippen molar-refractivity contribution in [3.63, 3.8) is 0 Å². The van der Waals surface area contributed by atoms with Crippen molar-refractivity contribution in [3.05, 3.63) is 66.4 Å². The van der Waals surface area contributed by atoms with E-state index in [-0.39, 0.29) is 30.9 Å². The normalized spacial score (nSPS) is 11.1. The first kappa shape index (κ1) is 19.5. The summed E-state index contributed by atoms with van der Waals surface area (Å²) in [4.78, 5) is 23.1. The van der Waals surface area contributed by atoms with Crippen LogP contribution in [0.2, 0.25) is 0 Å². The number of hydrogen-bond acceptors (Lipinski definition) is 4. The van der Waals surface area contributed by atoms with Crippen molar-refractivity contribution >= 4 is 54.9 Å². The van der Waals surface area contributed by atoms with Crippen LogP contribution in [0.3, 0.4) is 0 Å². The molecule has 0 aliphatic carbocycles. The molecule has 5 nitrogen and oxygen atoms in total. The molecule has 0 spiro atoms. The molecule has 1 aromatic rings. The van der Waals surface area contributed by atoms with Crippen LogP contribution in [0.4, 0.5) is 10.1 Å². The molecule has 0 aliphatic heterocycles. The average Bonchev–Trinajstić information content (AvgIpc) is 2.43. The van der Waals surface area contributed by atoms with E-state index in [0.29, 0.717) is 0 Å². The van der Waals surface area contributed by atoms with E-state index in [4.69, 9.17) is 16.3 Å². The van der Waals surface area contributed by atoms with E-state index in [2.05, 4.69) is 45.0 Å². The largest absolute Gasteiger partial charge is 0.494 e. The van der Waals surface area contributed by atoms with Crippen molar-refractivity contribution in [2.45, 2.75) is 0 Å². The van der Waals surface area contributed by atoms with Gasteiger partial charge in [0.2, 0.25) is 5.78 Å². The summed E-state index contributed by atoms with van der Waals surface area (Å²) in [5, 5.41) is 11.0. The number of ketones is 1. The highest BCUT2D eigenvalue weighted by molar-refractivity contribution is 9.11. The average molecular weight is 469 g/mol. The van der Waals surface area contributed by atoms with E-state index in [0.717, 1.165) is 12.1 Å². The van der Waals surface area contributed by atoms with Gasteiger partial charge in [-0.2, -0.15) is 0 Å². The van der Waals surface area contributed by atoms with E-state index in [9.17, 15) is 19.3 Å². The van der Waals surface area contributed by atoms with Gasteiger partial charge in [0, 0.05) is 16.7 Å². The molecule has 0 saturated carbocycles. The maximum atomic E-state index is 13.1. The molecule has 0 saturated heterocycles. The second kappa shape index (κ2) is 7.85. The zero-order chi connectivity index (χ0) is 17.9. The summed E-state index contributed by atoms with van der Waals surface area (Å²) in [6.45, 7) is 6.37. The molecule has 0 bridgehead atoms. The first-order valence-electron chi connectivity index (χ1n) is 5.77. The SMILES string of the molecule is C=C(F)/C=C(\C(=C)Cl)C(=O)c1c([N+](=O)[O-])cc(Br)c(OC)c1Br. The Hall–Kier alpha value is -1.51. The molecule has 1 aromatic carbocycles. The maximum absolute atomic E-state index is 13.1. The fourth-order valence-corrected chi connectivity index (χ4v) is 3.44. The van der Waals surface area contributed by atoms with Gasteiger partial charge in [-0.1, -0.05) is 24.8 Å². The smallest absolute Gasteiger partial charge is 0.283 e.